The molecule has 1 saturated heterocycles. The van der Waals surface area contributed by atoms with Crippen LogP contribution in [0.1, 0.15) is 24.1 Å². The van der Waals surface area contributed by atoms with Gasteiger partial charge in [0.25, 0.3) is 0 Å². The van der Waals surface area contributed by atoms with Gasteiger partial charge in [-0.05, 0) is 30.4 Å². The zero-order chi connectivity index (χ0) is 14.8. The number of carbonyl (C=O) groups excluding carboxylic acids is 1. The highest BCUT2D eigenvalue weighted by molar-refractivity contribution is 6.09. The van der Waals surface area contributed by atoms with E-state index in [4.69, 9.17) is 6.42 Å². The lowest BCUT2D eigenvalue weighted by molar-refractivity contribution is -0.114. The van der Waals surface area contributed by atoms with Gasteiger partial charge in [-0.25, -0.2) is 0 Å². The number of aliphatic hydroxyl groups is 1. The molecule has 2 aliphatic rings. The second kappa shape index (κ2) is 5.71. The third-order valence-electron chi connectivity index (χ3n) is 4.32. The number of terminal acetylenes is 1. The lowest BCUT2D eigenvalue weighted by Crippen LogP contribution is -2.36. The summed E-state index contributed by atoms with van der Waals surface area (Å²) in [6.07, 6.45) is 9.47. The minimum atomic E-state index is -0.00252. The first-order valence-corrected chi connectivity index (χ1v) is 7.28. The fourth-order valence-electron chi connectivity index (χ4n) is 3.10. The van der Waals surface area contributed by atoms with Gasteiger partial charge < -0.3 is 10.0 Å². The first-order valence-electron chi connectivity index (χ1n) is 7.28. The van der Waals surface area contributed by atoms with Crippen molar-refractivity contribution in [1.29, 1.82) is 0 Å². The summed E-state index contributed by atoms with van der Waals surface area (Å²) in [4.78, 5) is 18.9. The second-order valence-electron chi connectivity index (χ2n) is 5.59. The molecule has 0 bridgehead atoms. The Morgan fingerprint density at radius 2 is 2.19 bits per heavy atom. The second-order valence-corrected chi connectivity index (χ2v) is 5.59. The van der Waals surface area contributed by atoms with Gasteiger partial charge in [0.1, 0.15) is 0 Å². The summed E-state index contributed by atoms with van der Waals surface area (Å²) >= 11 is 0. The monoisotopic (exact) mass is 282 g/mol. The number of hydrogen-bond acceptors (Lipinski definition) is 4. The van der Waals surface area contributed by atoms with E-state index in [0.29, 0.717) is 17.9 Å². The molecular formula is C17H18N2O2. The summed E-state index contributed by atoms with van der Waals surface area (Å²) in [6, 6.07) is 3.79. The minimum absolute atomic E-state index is 0.00252. The summed E-state index contributed by atoms with van der Waals surface area (Å²) in [5, 5.41) is 9.26. The molecule has 1 aliphatic carbocycles. The predicted octanol–water partition coefficient (Wildman–Crippen LogP) is 1.26. The summed E-state index contributed by atoms with van der Waals surface area (Å²) < 4.78 is 0. The van der Waals surface area contributed by atoms with Crippen LogP contribution in [-0.2, 0) is 11.2 Å². The van der Waals surface area contributed by atoms with E-state index in [1.165, 1.54) is 0 Å². The zero-order valence-corrected chi connectivity index (χ0v) is 11.9. The molecule has 1 N–H and O–H groups in total. The molecule has 1 aromatic rings. The Bertz CT molecular complexity index is 634. The maximum absolute atomic E-state index is 12.3. The molecule has 1 aromatic heterocycles. The van der Waals surface area contributed by atoms with Crippen LogP contribution in [0.5, 0.6) is 0 Å². The van der Waals surface area contributed by atoms with Crippen LogP contribution in [0.2, 0.25) is 0 Å². The quantitative estimate of drug-likeness (QED) is 0.830. The molecule has 2 heterocycles. The third-order valence-corrected chi connectivity index (χ3v) is 4.32. The minimum Gasteiger partial charge on any atom is -0.396 e. The van der Waals surface area contributed by atoms with Gasteiger partial charge in [0.05, 0.1) is 17.0 Å². The van der Waals surface area contributed by atoms with Crippen LogP contribution in [0, 0.1) is 18.3 Å². The fourth-order valence-corrected chi connectivity index (χ4v) is 3.10. The van der Waals surface area contributed by atoms with E-state index >= 15 is 0 Å². The average Bonchev–Trinajstić information content (AvgIpc) is 2.53. The summed E-state index contributed by atoms with van der Waals surface area (Å²) in [5.74, 6) is 2.91. The SMILES string of the molecule is C#CC1=C(N2CCC(CO)CC2)c2ncccc2CC1=O. The average molecular weight is 282 g/mol. The molecule has 4 nitrogen and oxygen atoms in total. The van der Waals surface area contributed by atoms with Gasteiger partial charge >= 0.3 is 0 Å². The van der Waals surface area contributed by atoms with Crippen molar-refractivity contribution in [3.63, 3.8) is 0 Å². The molecule has 0 atom stereocenters. The molecule has 0 aromatic carbocycles. The number of Topliss-reactive ketones (excluding diaryl/α,β-unsaturated/α-hetero) is 1. The van der Waals surface area contributed by atoms with Crippen LogP contribution in [0.4, 0.5) is 0 Å². The van der Waals surface area contributed by atoms with Crippen molar-refractivity contribution in [3.8, 4) is 12.3 Å². The van der Waals surface area contributed by atoms with Crippen molar-refractivity contribution in [2.24, 2.45) is 5.92 Å². The molecule has 0 spiro atoms. The van der Waals surface area contributed by atoms with Crippen LogP contribution < -0.4 is 0 Å². The lowest BCUT2D eigenvalue weighted by Gasteiger charge is -2.36. The number of likely N-dealkylation sites (tertiary alicyclic amines) is 1. The number of rotatable bonds is 2. The summed E-state index contributed by atoms with van der Waals surface area (Å²) in [5.41, 5.74) is 3.04. The van der Waals surface area contributed by atoms with E-state index in [1.54, 1.807) is 6.20 Å². The third kappa shape index (κ3) is 2.45. The predicted molar refractivity (Wildman–Crippen MR) is 80.1 cm³/mol. The normalized spacial score (nSPS) is 19.4. The number of allylic oxidation sites excluding steroid dienone is 1. The van der Waals surface area contributed by atoms with E-state index < -0.39 is 0 Å². The van der Waals surface area contributed by atoms with Gasteiger partial charge in [-0.3, -0.25) is 9.78 Å². The Hall–Kier alpha value is -2.12. The Kier molecular flexibility index (Phi) is 3.76. The van der Waals surface area contributed by atoms with Crippen molar-refractivity contribution in [3.05, 3.63) is 35.2 Å². The molecule has 1 fully saturated rings. The molecule has 3 rings (SSSR count). The van der Waals surface area contributed by atoms with E-state index in [1.807, 2.05) is 12.1 Å². The van der Waals surface area contributed by atoms with Crippen molar-refractivity contribution in [2.45, 2.75) is 19.3 Å². The van der Waals surface area contributed by atoms with Crippen LogP contribution >= 0.6 is 0 Å². The summed E-state index contributed by atoms with van der Waals surface area (Å²) in [6.45, 7) is 1.83. The van der Waals surface area contributed by atoms with E-state index in [9.17, 15) is 9.90 Å². The van der Waals surface area contributed by atoms with Crippen LogP contribution in [0.3, 0.4) is 0 Å². The summed E-state index contributed by atoms with van der Waals surface area (Å²) in [7, 11) is 0. The molecule has 4 heteroatoms. The number of aliphatic hydroxyl groups excluding tert-OH is 1. The number of piperidine rings is 1. The number of ketones is 1. The Labute approximate surface area is 124 Å². The molecule has 0 radical (unpaired) electrons. The number of nitrogens with zero attached hydrogens (tertiary/aromatic N) is 2. The molecular weight excluding hydrogens is 264 g/mol. The van der Waals surface area contributed by atoms with Crippen molar-refractivity contribution in [1.82, 2.24) is 9.88 Å². The first kappa shape index (κ1) is 13.8. The van der Waals surface area contributed by atoms with Gasteiger partial charge in [-0.2, -0.15) is 0 Å². The lowest BCUT2D eigenvalue weighted by atomic mass is 9.89. The van der Waals surface area contributed by atoms with Crippen molar-refractivity contribution < 1.29 is 9.90 Å². The molecule has 0 amide bonds. The standard InChI is InChI=1S/C17H18N2O2/c1-2-14-15(21)10-13-4-3-7-18-16(13)17(14)19-8-5-12(11-20)6-9-19/h1,3-4,7,12,20H,5-6,8-11H2. The number of carbonyl (C=O) groups is 1. The molecule has 1 aliphatic heterocycles. The van der Waals surface area contributed by atoms with E-state index in [2.05, 4.69) is 15.8 Å². The maximum Gasteiger partial charge on any atom is 0.177 e. The van der Waals surface area contributed by atoms with Crippen LogP contribution in [0.25, 0.3) is 5.70 Å². The number of fused-ring (bicyclic) bond motifs is 1. The maximum atomic E-state index is 12.3. The fraction of sp³-hybridized carbons (Fsp3) is 0.412. The Morgan fingerprint density at radius 1 is 1.43 bits per heavy atom. The zero-order valence-electron chi connectivity index (χ0n) is 11.9. The first-order chi connectivity index (χ1) is 10.2. The Morgan fingerprint density at radius 3 is 2.86 bits per heavy atom. The highest BCUT2D eigenvalue weighted by Crippen LogP contribution is 2.33. The van der Waals surface area contributed by atoms with Crippen molar-refractivity contribution in [2.75, 3.05) is 19.7 Å². The number of hydrogen-bond donors (Lipinski definition) is 1. The smallest absolute Gasteiger partial charge is 0.177 e. The highest BCUT2D eigenvalue weighted by atomic mass is 16.3. The molecule has 0 unspecified atom stereocenters. The molecule has 0 saturated carbocycles. The molecule has 21 heavy (non-hydrogen) atoms. The highest BCUT2D eigenvalue weighted by Gasteiger charge is 2.31. The van der Waals surface area contributed by atoms with Gasteiger partial charge in [0, 0.05) is 32.3 Å². The van der Waals surface area contributed by atoms with Crippen molar-refractivity contribution >= 4 is 11.5 Å². The van der Waals surface area contributed by atoms with E-state index in [0.717, 1.165) is 42.9 Å². The Balaban J connectivity index is 2.01. The number of pyridine rings is 1. The topological polar surface area (TPSA) is 53.4 Å². The van der Waals surface area contributed by atoms with E-state index in [-0.39, 0.29) is 12.4 Å². The van der Waals surface area contributed by atoms with Gasteiger partial charge in [0.2, 0.25) is 0 Å². The van der Waals surface area contributed by atoms with Crippen LogP contribution in [-0.4, -0.2) is 40.5 Å². The van der Waals surface area contributed by atoms with Gasteiger partial charge in [0.15, 0.2) is 5.78 Å². The van der Waals surface area contributed by atoms with Crippen LogP contribution in [0.15, 0.2) is 23.9 Å². The largest absolute Gasteiger partial charge is 0.396 e. The van der Waals surface area contributed by atoms with Gasteiger partial charge in [-0.1, -0.05) is 12.0 Å². The van der Waals surface area contributed by atoms with Gasteiger partial charge in [-0.15, -0.1) is 6.42 Å². The molecule has 108 valence electrons. The number of aromatic nitrogens is 1.